The third-order valence-electron chi connectivity index (χ3n) is 9.41. The lowest BCUT2D eigenvalue weighted by Gasteiger charge is -2.40. The normalized spacial score (nSPS) is 28.8. The summed E-state index contributed by atoms with van der Waals surface area (Å²) < 4.78 is 44.1. The van der Waals surface area contributed by atoms with Gasteiger partial charge in [-0.05, 0) is 74.9 Å². The summed E-state index contributed by atoms with van der Waals surface area (Å²) >= 11 is 0. The Bertz CT molecular complexity index is 1030. The lowest BCUT2D eigenvalue weighted by Crippen LogP contribution is -2.45. The number of aldehydes is 1. The van der Waals surface area contributed by atoms with Crippen LogP contribution in [0.3, 0.4) is 0 Å². The number of para-hydroxylation sites is 2. The summed E-state index contributed by atoms with van der Waals surface area (Å²) in [6.45, 7) is 13.1. The monoisotopic (exact) mass is 618 g/mol. The number of ether oxygens (including phenoxy) is 6. The highest BCUT2D eigenvalue weighted by Gasteiger charge is 2.51. The molecule has 0 amide bonds. The Balaban J connectivity index is 1.62. The summed E-state index contributed by atoms with van der Waals surface area (Å²) in [5.74, 6) is 1.97. The quantitative estimate of drug-likeness (QED) is 0.0922. The molecule has 1 aliphatic carbocycles. The van der Waals surface area contributed by atoms with Crippen LogP contribution in [0, 0.1) is 11.8 Å². The van der Waals surface area contributed by atoms with Gasteiger partial charge in [-0.3, -0.25) is 0 Å². The highest BCUT2D eigenvalue weighted by molar-refractivity contribution is 6.74. The van der Waals surface area contributed by atoms with E-state index in [1.54, 1.807) is 7.11 Å². The third-order valence-corrected chi connectivity index (χ3v) is 13.9. The van der Waals surface area contributed by atoms with Crippen molar-refractivity contribution < 1.29 is 37.6 Å². The molecule has 9 heteroatoms. The minimum Gasteiger partial charge on any atom is -0.493 e. The predicted molar refractivity (Wildman–Crippen MR) is 169 cm³/mol. The standard InChI is InChI=1S/C34H54O8Si/c1-34(2,3)43(5,6)42-29-24-30(41-32-18-10-12-22-39-32)33(25(29)19-20-35)28(40-31-17-9-11-21-38-31)16-13-23-37-27-15-8-7-14-26(27)36-4/h7-8,14-16,20,25,29-33H,9-13,17-19,21-24H2,1-6H3/b28-16+/t25?,29-,30+,31?,32?,33+/m1/s1. The second kappa shape index (κ2) is 15.9. The summed E-state index contributed by atoms with van der Waals surface area (Å²) in [7, 11) is -0.484. The summed E-state index contributed by atoms with van der Waals surface area (Å²) in [6.07, 6.45) is 9.86. The molecule has 0 bridgehead atoms. The van der Waals surface area contributed by atoms with Gasteiger partial charge in [0.15, 0.2) is 32.4 Å². The smallest absolute Gasteiger partial charge is 0.199 e. The van der Waals surface area contributed by atoms with Crippen molar-refractivity contribution in [1.82, 2.24) is 0 Å². The lowest BCUT2D eigenvalue weighted by atomic mass is 9.88. The summed E-state index contributed by atoms with van der Waals surface area (Å²) in [5.41, 5.74) is 0. The molecule has 1 aromatic rings. The Morgan fingerprint density at radius 1 is 0.977 bits per heavy atom. The zero-order chi connectivity index (χ0) is 30.9. The molecule has 6 atom stereocenters. The number of hydrogen-bond donors (Lipinski definition) is 0. The van der Waals surface area contributed by atoms with Gasteiger partial charge >= 0.3 is 0 Å². The minimum atomic E-state index is -2.13. The fourth-order valence-electron chi connectivity index (χ4n) is 6.03. The summed E-state index contributed by atoms with van der Waals surface area (Å²) in [6, 6.07) is 7.65. The van der Waals surface area contributed by atoms with Gasteiger partial charge in [0.05, 0.1) is 32.5 Å². The van der Waals surface area contributed by atoms with E-state index in [0.29, 0.717) is 50.6 Å². The van der Waals surface area contributed by atoms with E-state index in [4.69, 9.17) is 32.8 Å². The van der Waals surface area contributed by atoms with E-state index in [0.717, 1.165) is 50.6 Å². The van der Waals surface area contributed by atoms with E-state index >= 15 is 0 Å². The second-order valence-corrected chi connectivity index (χ2v) is 18.3. The Labute approximate surface area is 259 Å². The second-order valence-electron chi connectivity index (χ2n) is 13.5. The van der Waals surface area contributed by atoms with Gasteiger partial charge in [-0.15, -0.1) is 0 Å². The van der Waals surface area contributed by atoms with E-state index in [2.05, 4.69) is 39.9 Å². The molecule has 242 valence electrons. The van der Waals surface area contributed by atoms with Crippen molar-refractivity contribution in [1.29, 1.82) is 0 Å². The first-order chi connectivity index (χ1) is 20.6. The number of carbonyl (C=O) groups excluding carboxylic acids is 1. The van der Waals surface area contributed by atoms with Crippen molar-refractivity contribution in [2.45, 2.75) is 121 Å². The fraction of sp³-hybridized carbons (Fsp3) is 0.735. The predicted octanol–water partition coefficient (Wildman–Crippen LogP) is 7.42. The number of hydrogen-bond acceptors (Lipinski definition) is 8. The molecule has 1 saturated carbocycles. The van der Waals surface area contributed by atoms with Crippen LogP contribution in [-0.2, 0) is 28.2 Å². The van der Waals surface area contributed by atoms with Crippen LogP contribution in [0.4, 0.5) is 0 Å². The molecule has 8 nitrogen and oxygen atoms in total. The van der Waals surface area contributed by atoms with Crippen molar-refractivity contribution in [3.63, 3.8) is 0 Å². The maximum absolute atomic E-state index is 12.2. The molecule has 2 saturated heterocycles. The van der Waals surface area contributed by atoms with E-state index < -0.39 is 8.32 Å². The van der Waals surface area contributed by atoms with Crippen molar-refractivity contribution in [3.05, 3.63) is 36.1 Å². The molecule has 2 heterocycles. The van der Waals surface area contributed by atoms with Gasteiger partial charge in [-0.2, -0.15) is 0 Å². The maximum atomic E-state index is 12.2. The molecular weight excluding hydrogens is 564 g/mol. The molecule has 0 N–H and O–H groups in total. The molecule has 1 aromatic carbocycles. The number of benzene rings is 1. The van der Waals surface area contributed by atoms with Crippen molar-refractivity contribution in [2.75, 3.05) is 26.9 Å². The minimum absolute atomic E-state index is 0.0423. The first-order valence-electron chi connectivity index (χ1n) is 16.3. The highest BCUT2D eigenvalue weighted by Crippen LogP contribution is 2.48. The molecule has 0 spiro atoms. The van der Waals surface area contributed by atoms with Gasteiger partial charge in [0.25, 0.3) is 0 Å². The topological polar surface area (TPSA) is 81.7 Å². The van der Waals surface area contributed by atoms with Crippen LogP contribution in [0.1, 0.15) is 78.6 Å². The molecule has 3 aliphatic rings. The zero-order valence-corrected chi connectivity index (χ0v) is 28.2. The number of carbonyl (C=O) groups is 1. The first kappa shape index (κ1) is 34.0. The number of methoxy groups -OCH3 is 1. The lowest BCUT2D eigenvalue weighted by molar-refractivity contribution is -0.201. The van der Waals surface area contributed by atoms with Crippen LogP contribution < -0.4 is 9.47 Å². The van der Waals surface area contributed by atoms with Gasteiger partial charge in [-0.25, -0.2) is 0 Å². The van der Waals surface area contributed by atoms with Gasteiger partial charge in [0, 0.05) is 37.7 Å². The van der Waals surface area contributed by atoms with Gasteiger partial charge in [0.1, 0.15) is 12.0 Å². The van der Waals surface area contributed by atoms with Crippen molar-refractivity contribution in [2.24, 2.45) is 11.8 Å². The largest absolute Gasteiger partial charge is 0.493 e. The van der Waals surface area contributed by atoms with Crippen LogP contribution >= 0.6 is 0 Å². The van der Waals surface area contributed by atoms with E-state index in [1.807, 2.05) is 24.3 Å². The van der Waals surface area contributed by atoms with Crippen molar-refractivity contribution >= 4 is 14.6 Å². The van der Waals surface area contributed by atoms with Crippen molar-refractivity contribution in [3.8, 4) is 11.5 Å². The van der Waals surface area contributed by atoms with Crippen LogP contribution in [0.25, 0.3) is 0 Å². The highest BCUT2D eigenvalue weighted by atomic mass is 28.4. The molecule has 43 heavy (non-hydrogen) atoms. The van der Waals surface area contributed by atoms with E-state index in [9.17, 15) is 4.79 Å². The molecule has 0 radical (unpaired) electrons. The third kappa shape index (κ3) is 9.30. The molecule has 3 fully saturated rings. The Hall–Kier alpha value is -1.91. The van der Waals surface area contributed by atoms with Crippen LogP contribution in [0.2, 0.25) is 18.1 Å². The average Bonchev–Trinajstić information content (AvgIpc) is 3.30. The van der Waals surface area contributed by atoms with Crippen LogP contribution in [0.15, 0.2) is 36.1 Å². The summed E-state index contributed by atoms with van der Waals surface area (Å²) in [5, 5.41) is 0.0423. The molecule has 3 unspecified atom stereocenters. The molecule has 2 aliphatic heterocycles. The van der Waals surface area contributed by atoms with Gasteiger partial charge < -0.3 is 37.6 Å². The molecular formula is C34H54O8Si. The summed E-state index contributed by atoms with van der Waals surface area (Å²) in [4.78, 5) is 12.2. The van der Waals surface area contributed by atoms with E-state index in [1.165, 1.54) is 0 Å². The fourth-order valence-corrected chi connectivity index (χ4v) is 7.41. The number of rotatable bonds is 14. The Morgan fingerprint density at radius 2 is 1.65 bits per heavy atom. The average molecular weight is 619 g/mol. The van der Waals surface area contributed by atoms with E-state index in [-0.39, 0.29) is 41.7 Å². The zero-order valence-electron chi connectivity index (χ0n) is 27.2. The molecule has 0 aromatic heterocycles. The van der Waals surface area contributed by atoms with Crippen LogP contribution in [-0.4, -0.2) is 66.3 Å². The molecule has 4 rings (SSSR count). The maximum Gasteiger partial charge on any atom is 0.199 e. The van der Waals surface area contributed by atoms with Gasteiger partial charge in [0.2, 0.25) is 0 Å². The first-order valence-corrected chi connectivity index (χ1v) is 19.2. The SMILES string of the molecule is COc1ccccc1OCC/C=C(/OC1CCCCO1)[C@@H]1C(CC=O)[C@H](O[Si](C)(C)C(C)(C)C)C[C@@H]1OC1CCCCO1. The van der Waals surface area contributed by atoms with Gasteiger partial charge in [-0.1, -0.05) is 32.9 Å². The Morgan fingerprint density at radius 3 is 2.26 bits per heavy atom. The Kier molecular flexibility index (Phi) is 12.6. The van der Waals surface area contributed by atoms with Crippen LogP contribution in [0.5, 0.6) is 11.5 Å².